The van der Waals surface area contributed by atoms with Crippen LogP contribution in [-0.2, 0) is 16.1 Å². The zero-order chi connectivity index (χ0) is 31.1. The number of aromatic hydroxyl groups is 1. The SMILES string of the molecule is COc1cccc(O)c1[C@H]1C2=CCn3c(=O)n(-c4ccccc4)c(=O)n3[C@@H]2C[C@@]2(Cl)C(=O)N(c3ccc(F)cc3)C(=O)[C@@]12Cl. The molecule has 44 heavy (non-hydrogen) atoms. The number of methoxy groups -OCH3 is 1. The van der Waals surface area contributed by atoms with Gasteiger partial charge < -0.3 is 9.84 Å². The highest BCUT2D eigenvalue weighted by molar-refractivity contribution is 6.58. The van der Waals surface area contributed by atoms with Crippen molar-refractivity contribution in [3.63, 3.8) is 0 Å². The van der Waals surface area contributed by atoms with Crippen LogP contribution in [0.15, 0.2) is 94.0 Å². The lowest BCUT2D eigenvalue weighted by molar-refractivity contribution is -0.122. The Morgan fingerprint density at radius 2 is 1.59 bits per heavy atom. The number of phenols is 1. The van der Waals surface area contributed by atoms with Crippen LogP contribution in [0.2, 0.25) is 0 Å². The Balaban J connectivity index is 1.50. The molecule has 1 saturated heterocycles. The number of carbonyl (C=O) groups is 2. The molecule has 4 atom stereocenters. The summed E-state index contributed by atoms with van der Waals surface area (Å²) in [7, 11) is 1.37. The molecule has 1 aliphatic carbocycles. The highest BCUT2D eigenvalue weighted by atomic mass is 35.5. The van der Waals surface area contributed by atoms with E-state index in [0.29, 0.717) is 11.3 Å². The molecule has 0 unspecified atom stereocenters. The average Bonchev–Trinajstić information content (AvgIpc) is 3.36. The van der Waals surface area contributed by atoms with Gasteiger partial charge in [-0.15, -0.1) is 23.2 Å². The molecule has 10 nitrogen and oxygen atoms in total. The van der Waals surface area contributed by atoms with Crippen LogP contribution in [0.5, 0.6) is 11.5 Å². The fourth-order valence-corrected chi connectivity index (χ4v) is 7.67. The number of para-hydroxylation sites is 1. The van der Waals surface area contributed by atoms with E-state index in [1.807, 2.05) is 0 Å². The third-order valence-electron chi connectivity index (χ3n) is 8.73. The van der Waals surface area contributed by atoms with E-state index in [2.05, 4.69) is 0 Å². The first-order valence-corrected chi connectivity index (χ1v) is 14.4. The van der Waals surface area contributed by atoms with Crippen molar-refractivity contribution in [2.45, 2.75) is 34.7 Å². The van der Waals surface area contributed by atoms with Crippen LogP contribution in [0.25, 0.3) is 5.69 Å². The molecule has 0 radical (unpaired) electrons. The first-order valence-electron chi connectivity index (χ1n) is 13.6. The number of allylic oxidation sites excluding steroid dienone is 2. The summed E-state index contributed by atoms with van der Waals surface area (Å²) < 4.78 is 22.9. The van der Waals surface area contributed by atoms with Gasteiger partial charge in [-0.1, -0.05) is 30.3 Å². The molecule has 3 aromatic carbocycles. The Morgan fingerprint density at radius 1 is 0.886 bits per heavy atom. The topological polar surface area (TPSA) is 116 Å². The third kappa shape index (κ3) is 3.53. The number of aromatic nitrogens is 3. The molecular formula is C31H23Cl2FN4O6. The molecule has 2 aliphatic heterocycles. The van der Waals surface area contributed by atoms with Crippen molar-refractivity contribution < 1.29 is 23.8 Å². The Morgan fingerprint density at radius 3 is 2.27 bits per heavy atom. The van der Waals surface area contributed by atoms with Crippen molar-refractivity contribution in [2.24, 2.45) is 0 Å². The predicted octanol–water partition coefficient (Wildman–Crippen LogP) is 3.85. The number of phenolic OH excluding ortho intramolecular Hbond substituents is 1. The maximum Gasteiger partial charge on any atom is 0.352 e. The van der Waals surface area contributed by atoms with Crippen molar-refractivity contribution in [2.75, 3.05) is 12.0 Å². The van der Waals surface area contributed by atoms with Crippen molar-refractivity contribution in [1.29, 1.82) is 0 Å². The monoisotopic (exact) mass is 636 g/mol. The normalized spacial score (nSPS) is 25.7. The highest BCUT2D eigenvalue weighted by Gasteiger charge is 2.76. The standard InChI is InChI=1S/C31H23Cl2FN4O6/c1-44-23-9-5-8-22(39)24(23)25-20-14-15-35-28(42)37(18-6-3-2-4-7-18)29(43)38(35)21(20)16-30(32)26(40)36(27(41)31(25,30)33)19-12-10-17(34)11-13-19/h2-14,21,25,39H,15-16H2,1H3/t21-,25-,30-,31+/m1/s1. The molecule has 4 aromatic rings. The van der Waals surface area contributed by atoms with Crippen LogP contribution >= 0.6 is 23.2 Å². The minimum Gasteiger partial charge on any atom is -0.508 e. The molecule has 1 N–H and O–H groups in total. The summed E-state index contributed by atoms with van der Waals surface area (Å²) in [6.07, 6.45) is 1.31. The molecule has 13 heteroatoms. The number of amides is 2. The second kappa shape index (κ2) is 9.70. The molecule has 0 bridgehead atoms. The van der Waals surface area contributed by atoms with Crippen LogP contribution in [-0.4, -0.2) is 47.7 Å². The summed E-state index contributed by atoms with van der Waals surface area (Å²) >= 11 is 14.6. The van der Waals surface area contributed by atoms with Gasteiger partial charge in [-0.2, -0.15) is 0 Å². The van der Waals surface area contributed by atoms with E-state index in [4.69, 9.17) is 27.9 Å². The lowest BCUT2D eigenvalue weighted by Crippen LogP contribution is -2.59. The number of fused-ring (bicyclic) bond motifs is 4. The van der Waals surface area contributed by atoms with E-state index >= 15 is 0 Å². The molecule has 1 saturated carbocycles. The molecule has 2 fully saturated rings. The third-order valence-corrected chi connectivity index (χ3v) is 10.1. The molecule has 1 aromatic heterocycles. The van der Waals surface area contributed by atoms with Crippen molar-refractivity contribution in [1.82, 2.24) is 13.9 Å². The Hall–Kier alpha value is -4.61. The molecule has 2 amide bonds. The number of carbonyl (C=O) groups excluding carboxylic acids is 2. The number of rotatable bonds is 4. The van der Waals surface area contributed by atoms with Gasteiger partial charge in [0.2, 0.25) is 0 Å². The first-order chi connectivity index (χ1) is 21.0. The summed E-state index contributed by atoms with van der Waals surface area (Å²) in [4.78, 5) is 52.6. The summed E-state index contributed by atoms with van der Waals surface area (Å²) in [5.41, 5.74) is -0.435. The van der Waals surface area contributed by atoms with E-state index in [-0.39, 0.29) is 35.7 Å². The summed E-state index contributed by atoms with van der Waals surface area (Å²) in [6.45, 7) is -0.0712. The van der Waals surface area contributed by atoms with E-state index < -0.39 is 50.7 Å². The first kappa shape index (κ1) is 28.2. The molecule has 224 valence electrons. The van der Waals surface area contributed by atoms with Crippen LogP contribution < -0.4 is 21.0 Å². The second-order valence-electron chi connectivity index (χ2n) is 10.8. The van der Waals surface area contributed by atoms with Crippen molar-refractivity contribution in [3.05, 3.63) is 117 Å². The van der Waals surface area contributed by atoms with Gasteiger partial charge in [-0.05, 0) is 54.1 Å². The predicted molar refractivity (Wildman–Crippen MR) is 159 cm³/mol. The Bertz CT molecular complexity index is 2020. The maximum absolute atomic E-state index is 14.4. The largest absolute Gasteiger partial charge is 0.508 e. The minimum absolute atomic E-state index is 0.0418. The van der Waals surface area contributed by atoms with Crippen LogP contribution in [0.1, 0.15) is 23.9 Å². The molecular weight excluding hydrogens is 614 g/mol. The quantitative estimate of drug-likeness (QED) is 0.207. The van der Waals surface area contributed by atoms with Crippen molar-refractivity contribution >= 4 is 40.7 Å². The van der Waals surface area contributed by atoms with Gasteiger partial charge in [-0.3, -0.25) is 9.59 Å². The number of benzene rings is 3. The number of halogens is 3. The number of ether oxygens (including phenoxy) is 1. The summed E-state index contributed by atoms with van der Waals surface area (Å²) in [6, 6.07) is 16.5. The zero-order valence-electron chi connectivity index (χ0n) is 23.0. The van der Waals surface area contributed by atoms with Gasteiger partial charge in [0.1, 0.15) is 17.3 Å². The Labute approximate surface area is 258 Å². The molecule has 7 rings (SSSR count). The number of hydrogen-bond acceptors (Lipinski definition) is 6. The molecule has 3 heterocycles. The van der Waals surface area contributed by atoms with Crippen molar-refractivity contribution in [3.8, 4) is 17.2 Å². The number of hydrogen-bond donors (Lipinski definition) is 1. The van der Waals surface area contributed by atoms with E-state index in [0.717, 1.165) is 21.6 Å². The van der Waals surface area contributed by atoms with E-state index in [1.165, 1.54) is 40.7 Å². The van der Waals surface area contributed by atoms with Gasteiger partial charge in [0.25, 0.3) is 11.8 Å². The number of alkyl halides is 2. The smallest absolute Gasteiger partial charge is 0.352 e. The number of anilines is 1. The number of imide groups is 1. The summed E-state index contributed by atoms with van der Waals surface area (Å²) in [5, 5.41) is 11.2. The van der Waals surface area contributed by atoms with Gasteiger partial charge in [0.05, 0.1) is 31.1 Å². The zero-order valence-corrected chi connectivity index (χ0v) is 24.5. The minimum atomic E-state index is -2.23. The van der Waals surface area contributed by atoms with Gasteiger partial charge in [-0.25, -0.2) is 32.8 Å². The van der Waals surface area contributed by atoms with Gasteiger partial charge >= 0.3 is 11.4 Å². The van der Waals surface area contributed by atoms with Crippen LogP contribution in [0.3, 0.4) is 0 Å². The average molecular weight is 637 g/mol. The highest BCUT2D eigenvalue weighted by Crippen LogP contribution is 2.65. The van der Waals surface area contributed by atoms with Crippen LogP contribution in [0, 0.1) is 5.82 Å². The van der Waals surface area contributed by atoms with E-state index in [9.17, 15) is 28.7 Å². The fraction of sp³-hybridized carbons (Fsp3) is 0.226. The number of nitrogens with zero attached hydrogens (tertiary/aromatic N) is 4. The molecule has 0 spiro atoms. The van der Waals surface area contributed by atoms with E-state index in [1.54, 1.807) is 42.5 Å². The van der Waals surface area contributed by atoms with Gasteiger partial charge in [0.15, 0.2) is 9.75 Å². The maximum atomic E-state index is 14.4. The lowest BCUT2D eigenvalue weighted by atomic mass is 9.64. The fourth-order valence-electron chi connectivity index (χ4n) is 6.78. The lowest BCUT2D eigenvalue weighted by Gasteiger charge is -2.49. The van der Waals surface area contributed by atoms with Crippen LogP contribution in [0.4, 0.5) is 10.1 Å². The Kier molecular flexibility index (Phi) is 6.21. The molecule has 3 aliphatic rings. The second-order valence-corrected chi connectivity index (χ2v) is 12.1. The summed E-state index contributed by atoms with van der Waals surface area (Å²) in [5.74, 6) is -3.79. The van der Waals surface area contributed by atoms with Gasteiger partial charge in [0, 0.05) is 17.9 Å².